The summed E-state index contributed by atoms with van der Waals surface area (Å²) in [6, 6.07) is 20.1. The maximum Gasteiger partial charge on any atom is 0.277 e. The standard InChI is InChI=1S/C34H43N5O/c1-23(2)27-11-7-25(8-12-27)19-37-16-5-6-29(21-37)32-18-33-35-31-15-17-38(22-30(31)34(40)39(33)36-32)20-26-9-13-28(14-10-26)24(3)4/h7-14,18,23-24,29,36H,5-6,15-17,19-22H2,1-4H3/t29-/m1/s1. The highest BCUT2D eigenvalue weighted by atomic mass is 16.1. The van der Waals surface area contributed by atoms with Gasteiger partial charge in [-0.25, -0.2) is 9.50 Å². The van der Waals surface area contributed by atoms with Crippen LogP contribution >= 0.6 is 0 Å². The molecule has 2 aromatic heterocycles. The van der Waals surface area contributed by atoms with Gasteiger partial charge >= 0.3 is 0 Å². The molecule has 1 N–H and O–H groups in total. The number of hydrogen-bond donors (Lipinski definition) is 1. The Morgan fingerprint density at radius 2 is 1.50 bits per heavy atom. The minimum atomic E-state index is 0.0593. The van der Waals surface area contributed by atoms with E-state index >= 15 is 0 Å². The monoisotopic (exact) mass is 537 g/mol. The molecule has 0 unspecified atom stereocenters. The second-order valence-corrected chi connectivity index (χ2v) is 12.6. The first-order chi connectivity index (χ1) is 19.3. The van der Waals surface area contributed by atoms with Crippen LogP contribution in [0, 0.1) is 0 Å². The minimum absolute atomic E-state index is 0.0593. The number of H-pyrrole nitrogens is 1. The van der Waals surface area contributed by atoms with Crippen molar-refractivity contribution in [1.29, 1.82) is 0 Å². The molecule has 40 heavy (non-hydrogen) atoms. The lowest BCUT2D eigenvalue weighted by atomic mass is 9.94. The number of likely N-dealkylation sites (tertiary alicyclic amines) is 1. The molecule has 1 fully saturated rings. The van der Waals surface area contributed by atoms with Crippen LogP contribution in [0.3, 0.4) is 0 Å². The van der Waals surface area contributed by atoms with Gasteiger partial charge in [-0.3, -0.25) is 19.7 Å². The second-order valence-electron chi connectivity index (χ2n) is 12.6. The van der Waals surface area contributed by atoms with E-state index in [-0.39, 0.29) is 5.56 Å². The van der Waals surface area contributed by atoms with E-state index in [0.29, 0.717) is 24.3 Å². The predicted molar refractivity (Wildman–Crippen MR) is 162 cm³/mol. The Kier molecular flexibility index (Phi) is 7.65. The molecular formula is C34H43N5O. The van der Waals surface area contributed by atoms with Crippen molar-refractivity contribution >= 4 is 5.65 Å². The molecule has 2 aromatic carbocycles. The van der Waals surface area contributed by atoms with Crippen LogP contribution in [0.5, 0.6) is 0 Å². The quantitative estimate of drug-likeness (QED) is 0.305. The van der Waals surface area contributed by atoms with Crippen LogP contribution in [0.15, 0.2) is 59.4 Å². The molecule has 0 spiro atoms. The Morgan fingerprint density at radius 3 is 2.12 bits per heavy atom. The summed E-state index contributed by atoms with van der Waals surface area (Å²) in [5.74, 6) is 1.48. The molecule has 2 aliphatic rings. The van der Waals surface area contributed by atoms with Crippen molar-refractivity contribution in [1.82, 2.24) is 24.4 Å². The van der Waals surface area contributed by atoms with Gasteiger partial charge in [0, 0.05) is 56.8 Å². The number of rotatable bonds is 7. The first kappa shape index (κ1) is 27.0. The molecule has 2 aliphatic heterocycles. The Balaban J connectivity index is 1.16. The molecule has 0 radical (unpaired) electrons. The summed E-state index contributed by atoms with van der Waals surface area (Å²) >= 11 is 0. The molecule has 0 saturated carbocycles. The highest BCUT2D eigenvalue weighted by molar-refractivity contribution is 5.43. The van der Waals surface area contributed by atoms with E-state index in [1.807, 2.05) is 0 Å². The Morgan fingerprint density at radius 1 is 0.875 bits per heavy atom. The number of fused-ring (bicyclic) bond motifs is 2. The first-order valence-electron chi connectivity index (χ1n) is 15.1. The molecule has 6 nitrogen and oxygen atoms in total. The van der Waals surface area contributed by atoms with Gasteiger partial charge in [0.15, 0.2) is 5.65 Å². The van der Waals surface area contributed by atoms with Gasteiger partial charge in [0.2, 0.25) is 0 Å². The predicted octanol–water partition coefficient (Wildman–Crippen LogP) is 6.21. The van der Waals surface area contributed by atoms with Crippen molar-refractivity contribution in [3.05, 3.63) is 104 Å². The summed E-state index contributed by atoms with van der Waals surface area (Å²) in [5.41, 5.74) is 9.18. The molecule has 4 aromatic rings. The number of aromatic nitrogens is 3. The van der Waals surface area contributed by atoms with Gasteiger partial charge in [-0.1, -0.05) is 76.2 Å². The van der Waals surface area contributed by atoms with Gasteiger partial charge in [-0.15, -0.1) is 0 Å². The average Bonchev–Trinajstić information content (AvgIpc) is 3.39. The molecule has 0 amide bonds. The zero-order valence-electron chi connectivity index (χ0n) is 24.5. The summed E-state index contributed by atoms with van der Waals surface area (Å²) in [7, 11) is 0. The van der Waals surface area contributed by atoms with Crippen LogP contribution in [0.2, 0.25) is 0 Å². The van der Waals surface area contributed by atoms with Crippen LogP contribution in [-0.4, -0.2) is 44.0 Å². The fourth-order valence-electron chi connectivity index (χ4n) is 6.39. The molecule has 1 saturated heterocycles. The average molecular weight is 538 g/mol. The lowest BCUT2D eigenvalue weighted by molar-refractivity contribution is 0.198. The van der Waals surface area contributed by atoms with Gasteiger partial charge in [-0.2, -0.15) is 0 Å². The molecule has 4 heterocycles. The third kappa shape index (κ3) is 5.65. The molecule has 1 atom stereocenters. The number of piperidine rings is 1. The van der Waals surface area contributed by atoms with Crippen LogP contribution < -0.4 is 5.56 Å². The summed E-state index contributed by atoms with van der Waals surface area (Å²) in [5, 5.41) is 3.47. The van der Waals surface area contributed by atoms with Gasteiger partial charge in [0.05, 0.1) is 11.3 Å². The maximum atomic E-state index is 13.6. The minimum Gasteiger partial charge on any atom is -0.298 e. The number of nitrogens with zero attached hydrogens (tertiary/aromatic N) is 4. The summed E-state index contributed by atoms with van der Waals surface area (Å²) in [6.07, 6.45) is 3.11. The van der Waals surface area contributed by atoms with Gasteiger partial charge in [-0.05, 0) is 53.5 Å². The fraction of sp³-hybridized carbons (Fsp3) is 0.471. The molecule has 6 heteroatoms. The number of nitrogens with one attached hydrogen (secondary N) is 1. The van der Waals surface area contributed by atoms with Crippen molar-refractivity contribution in [3.63, 3.8) is 0 Å². The highest BCUT2D eigenvalue weighted by Gasteiger charge is 2.26. The lowest BCUT2D eigenvalue weighted by Gasteiger charge is -2.32. The summed E-state index contributed by atoms with van der Waals surface area (Å²) < 4.78 is 1.69. The summed E-state index contributed by atoms with van der Waals surface area (Å²) in [6.45, 7) is 14.4. The Hall–Kier alpha value is -3.22. The van der Waals surface area contributed by atoms with Crippen molar-refractivity contribution in [2.45, 2.75) is 84.3 Å². The summed E-state index contributed by atoms with van der Waals surface area (Å²) in [4.78, 5) is 23.5. The number of benzene rings is 2. The van der Waals surface area contributed by atoms with E-state index in [2.05, 4.69) is 97.2 Å². The van der Waals surface area contributed by atoms with E-state index in [9.17, 15) is 4.79 Å². The zero-order valence-corrected chi connectivity index (χ0v) is 24.5. The topological polar surface area (TPSA) is 56.6 Å². The van der Waals surface area contributed by atoms with Gasteiger partial charge in [0.25, 0.3) is 5.56 Å². The molecular weight excluding hydrogens is 494 g/mol. The van der Waals surface area contributed by atoms with Crippen molar-refractivity contribution in [2.75, 3.05) is 19.6 Å². The molecule has 0 aliphatic carbocycles. The normalized spacial score (nSPS) is 18.6. The van der Waals surface area contributed by atoms with Gasteiger partial charge in [0.1, 0.15) is 0 Å². The van der Waals surface area contributed by atoms with Crippen LogP contribution in [0.25, 0.3) is 5.65 Å². The van der Waals surface area contributed by atoms with Crippen molar-refractivity contribution in [2.24, 2.45) is 0 Å². The first-order valence-corrected chi connectivity index (χ1v) is 15.1. The van der Waals surface area contributed by atoms with E-state index in [1.54, 1.807) is 4.52 Å². The van der Waals surface area contributed by atoms with E-state index in [1.165, 1.54) is 22.3 Å². The second kappa shape index (κ2) is 11.3. The maximum absolute atomic E-state index is 13.6. The largest absolute Gasteiger partial charge is 0.298 e. The smallest absolute Gasteiger partial charge is 0.277 e. The SMILES string of the molecule is CC(C)c1ccc(CN2CCc3nc4cc([C@@H]5CCCN(Cc6ccc(C(C)C)cc6)C5)[nH]n4c(=O)c3C2)cc1. The molecule has 210 valence electrons. The van der Waals surface area contributed by atoms with Crippen molar-refractivity contribution in [3.8, 4) is 0 Å². The third-order valence-corrected chi connectivity index (χ3v) is 8.91. The third-order valence-electron chi connectivity index (χ3n) is 8.91. The molecule has 6 rings (SSSR count). The van der Waals surface area contributed by atoms with Crippen LogP contribution in [0.4, 0.5) is 0 Å². The Bertz CT molecular complexity index is 1510. The number of hydrogen-bond acceptors (Lipinski definition) is 4. The van der Waals surface area contributed by atoms with E-state index in [4.69, 9.17) is 4.98 Å². The van der Waals surface area contributed by atoms with Crippen LogP contribution in [-0.2, 0) is 26.1 Å². The van der Waals surface area contributed by atoms with Gasteiger partial charge < -0.3 is 0 Å². The highest BCUT2D eigenvalue weighted by Crippen LogP contribution is 2.28. The van der Waals surface area contributed by atoms with E-state index in [0.717, 1.165) is 74.6 Å². The lowest BCUT2D eigenvalue weighted by Crippen LogP contribution is -2.36. The Labute approximate surface area is 238 Å². The molecule has 0 bridgehead atoms. The number of aromatic amines is 1. The van der Waals surface area contributed by atoms with Crippen LogP contribution in [0.1, 0.15) is 97.5 Å². The fourth-order valence-corrected chi connectivity index (χ4v) is 6.39. The zero-order chi connectivity index (χ0) is 27.8. The van der Waals surface area contributed by atoms with E-state index < -0.39 is 0 Å². The van der Waals surface area contributed by atoms with Crippen molar-refractivity contribution < 1.29 is 0 Å².